The summed E-state index contributed by atoms with van der Waals surface area (Å²) in [6.07, 6.45) is 2.22. The first-order valence-electron chi connectivity index (χ1n) is 4.37. The van der Waals surface area contributed by atoms with Crippen molar-refractivity contribution in [1.29, 1.82) is 0 Å². The Bertz CT molecular complexity index is 448. The molecule has 2 N–H and O–H groups in total. The van der Waals surface area contributed by atoms with Crippen LogP contribution < -0.4 is 4.74 Å². The van der Waals surface area contributed by atoms with E-state index in [1.54, 1.807) is 6.07 Å². The van der Waals surface area contributed by atoms with E-state index < -0.39 is 11.8 Å². The molecule has 0 radical (unpaired) electrons. The van der Waals surface area contributed by atoms with E-state index in [2.05, 4.69) is 0 Å². The van der Waals surface area contributed by atoms with E-state index in [4.69, 9.17) is 9.84 Å². The van der Waals surface area contributed by atoms with Crippen LogP contribution >= 0.6 is 0 Å². The molecule has 0 amide bonds. The highest BCUT2D eigenvalue weighted by Crippen LogP contribution is 2.26. The molecule has 1 aromatic carbocycles. The largest absolute Gasteiger partial charge is 0.504 e. The zero-order chi connectivity index (χ0) is 12.1. The SMILES string of the molecule is COc1ccc(/C=C/C(=O)C(=O)O)cc1O. The number of methoxy groups -OCH3 is 1. The average Bonchev–Trinajstić information content (AvgIpc) is 2.25. The van der Waals surface area contributed by atoms with Crippen LogP contribution in [-0.4, -0.2) is 29.1 Å². The lowest BCUT2D eigenvalue weighted by atomic mass is 10.1. The zero-order valence-corrected chi connectivity index (χ0v) is 8.51. The highest BCUT2D eigenvalue weighted by atomic mass is 16.5. The molecule has 0 saturated heterocycles. The van der Waals surface area contributed by atoms with Gasteiger partial charge in [-0.25, -0.2) is 4.79 Å². The molecule has 5 nitrogen and oxygen atoms in total. The van der Waals surface area contributed by atoms with Crippen molar-refractivity contribution in [3.63, 3.8) is 0 Å². The quantitative estimate of drug-likeness (QED) is 0.588. The average molecular weight is 222 g/mol. The smallest absolute Gasteiger partial charge is 0.376 e. The number of carboxylic acids is 1. The molecular weight excluding hydrogens is 212 g/mol. The van der Waals surface area contributed by atoms with Crippen molar-refractivity contribution >= 4 is 17.8 Å². The van der Waals surface area contributed by atoms with Crippen LogP contribution in [0.15, 0.2) is 24.3 Å². The third kappa shape index (κ3) is 2.84. The summed E-state index contributed by atoms with van der Waals surface area (Å²) in [5.74, 6) is -2.31. The van der Waals surface area contributed by atoms with Gasteiger partial charge in [-0.2, -0.15) is 0 Å². The summed E-state index contributed by atoms with van der Waals surface area (Å²) in [4.78, 5) is 21.0. The minimum absolute atomic E-state index is 0.0765. The maximum absolute atomic E-state index is 10.8. The number of ether oxygens (including phenoxy) is 1. The predicted octanol–water partition coefficient (Wildman–Crippen LogP) is 1.07. The van der Waals surface area contributed by atoms with Crippen LogP contribution in [0.25, 0.3) is 6.08 Å². The van der Waals surface area contributed by atoms with Gasteiger partial charge in [-0.1, -0.05) is 12.1 Å². The number of hydrogen-bond acceptors (Lipinski definition) is 4. The Kier molecular flexibility index (Phi) is 3.66. The Labute approximate surface area is 91.6 Å². The summed E-state index contributed by atoms with van der Waals surface area (Å²) in [7, 11) is 1.42. The molecular formula is C11H10O5. The molecule has 0 aliphatic heterocycles. The van der Waals surface area contributed by atoms with Gasteiger partial charge in [0, 0.05) is 0 Å². The fourth-order valence-corrected chi connectivity index (χ4v) is 1.05. The number of phenols is 1. The molecule has 0 aliphatic carbocycles. The van der Waals surface area contributed by atoms with Crippen LogP contribution in [0.2, 0.25) is 0 Å². The lowest BCUT2D eigenvalue weighted by Gasteiger charge is -2.02. The Balaban J connectivity index is 2.87. The highest BCUT2D eigenvalue weighted by Gasteiger charge is 2.06. The third-order valence-corrected chi connectivity index (χ3v) is 1.84. The van der Waals surface area contributed by atoms with Gasteiger partial charge in [0.15, 0.2) is 11.5 Å². The molecule has 0 fully saturated rings. The van der Waals surface area contributed by atoms with Crippen molar-refractivity contribution in [2.24, 2.45) is 0 Å². The molecule has 5 heteroatoms. The first-order valence-corrected chi connectivity index (χ1v) is 4.37. The Hall–Kier alpha value is -2.30. The Morgan fingerprint density at radius 3 is 2.56 bits per heavy atom. The first kappa shape index (κ1) is 11.8. The fourth-order valence-electron chi connectivity index (χ4n) is 1.05. The van der Waals surface area contributed by atoms with Gasteiger partial charge in [0.25, 0.3) is 5.78 Å². The Morgan fingerprint density at radius 2 is 2.06 bits per heavy atom. The van der Waals surface area contributed by atoms with Crippen molar-refractivity contribution in [3.8, 4) is 11.5 Å². The number of hydrogen-bond donors (Lipinski definition) is 2. The van der Waals surface area contributed by atoms with Crippen LogP contribution in [0.3, 0.4) is 0 Å². The van der Waals surface area contributed by atoms with Gasteiger partial charge in [0.1, 0.15) is 0 Å². The molecule has 84 valence electrons. The number of rotatable bonds is 4. The van der Waals surface area contributed by atoms with E-state index in [1.165, 1.54) is 25.3 Å². The molecule has 1 aromatic rings. The van der Waals surface area contributed by atoms with Crippen molar-refractivity contribution in [3.05, 3.63) is 29.8 Å². The number of phenolic OH excluding ortho intramolecular Hbond substituents is 1. The second-order valence-corrected chi connectivity index (χ2v) is 2.93. The van der Waals surface area contributed by atoms with E-state index in [-0.39, 0.29) is 5.75 Å². The summed E-state index contributed by atoms with van der Waals surface area (Å²) in [5.41, 5.74) is 0.507. The monoisotopic (exact) mass is 222 g/mol. The lowest BCUT2D eigenvalue weighted by molar-refractivity contribution is -0.146. The van der Waals surface area contributed by atoms with Crippen molar-refractivity contribution in [2.75, 3.05) is 7.11 Å². The summed E-state index contributed by atoms with van der Waals surface area (Å²) >= 11 is 0. The minimum atomic E-state index is -1.52. The van der Waals surface area contributed by atoms with Crippen molar-refractivity contribution < 1.29 is 24.5 Å². The molecule has 1 rings (SSSR count). The minimum Gasteiger partial charge on any atom is -0.504 e. The number of aliphatic carboxylic acids is 1. The van der Waals surface area contributed by atoms with Crippen LogP contribution in [0.5, 0.6) is 11.5 Å². The lowest BCUT2D eigenvalue weighted by Crippen LogP contribution is -2.08. The van der Waals surface area contributed by atoms with Gasteiger partial charge < -0.3 is 14.9 Å². The van der Waals surface area contributed by atoms with Crippen LogP contribution in [0.1, 0.15) is 5.56 Å². The normalized spacial score (nSPS) is 10.3. The summed E-state index contributed by atoms with van der Waals surface area (Å²) in [6, 6.07) is 4.47. The van der Waals surface area contributed by atoms with Gasteiger partial charge >= 0.3 is 5.97 Å². The second kappa shape index (κ2) is 4.97. The van der Waals surface area contributed by atoms with Crippen LogP contribution in [-0.2, 0) is 9.59 Å². The number of carbonyl (C=O) groups excluding carboxylic acids is 1. The van der Waals surface area contributed by atoms with E-state index >= 15 is 0 Å². The molecule has 0 heterocycles. The maximum atomic E-state index is 10.8. The maximum Gasteiger partial charge on any atom is 0.376 e. The Morgan fingerprint density at radius 1 is 1.38 bits per heavy atom. The van der Waals surface area contributed by atoms with E-state index in [1.807, 2.05) is 0 Å². The number of benzene rings is 1. The molecule has 0 unspecified atom stereocenters. The molecule has 0 saturated carbocycles. The van der Waals surface area contributed by atoms with E-state index in [9.17, 15) is 14.7 Å². The number of carbonyl (C=O) groups is 2. The topological polar surface area (TPSA) is 83.8 Å². The predicted molar refractivity (Wildman–Crippen MR) is 56.3 cm³/mol. The zero-order valence-electron chi connectivity index (χ0n) is 8.51. The first-order chi connectivity index (χ1) is 7.54. The number of ketones is 1. The molecule has 0 aliphatic rings. The second-order valence-electron chi connectivity index (χ2n) is 2.93. The van der Waals surface area contributed by atoms with Gasteiger partial charge in [-0.15, -0.1) is 0 Å². The van der Waals surface area contributed by atoms with Gasteiger partial charge in [-0.3, -0.25) is 4.79 Å². The van der Waals surface area contributed by atoms with Crippen molar-refractivity contribution in [2.45, 2.75) is 0 Å². The molecule has 0 aromatic heterocycles. The van der Waals surface area contributed by atoms with E-state index in [0.717, 1.165) is 6.08 Å². The summed E-state index contributed by atoms with van der Waals surface area (Å²) < 4.78 is 4.83. The molecule has 0 atom stereocenters. The van der Waals surface area contributed by atoms with Crippen LogP contribution in [0, 0.1) is 0 Å². The molecule has 0 spiro atoms. The summed E-state index contributed by atoms with van der Waals surface area (Å²) in [5, 5.41) is 17.7. The van der Waals surface area contributed by atoms with Gasteiger partial charge in [0.2, 0.25) is 0 Å². The van der Waals surface area contributed by atoms with Crippen molar-refractivity contribution in [1.82, 2.24) is 0 Å². The summed E-state index contributed by atoms with van der Waals surface area (Å²) in [6.45, 7) is 0. The fraction of sp³-hybridized carbons (Fsp3) is 0.0909. The number of carboxylic acid groups (broad SMARTS) is 1. The standard InChI is InChI=1S/C11H10O5/c1-16-10-5-3-7(6-9(10)13)2-4-8(12)11(14)15/h2-6,13H,1H3,(H,14,15)/b4-2+. The van der Waals surface area contributed by atoms with E-state index in [0.29, 0.717) is 11.3 Å². The number of aromatic hydroxyl groups is 1. The van der Waals surface area contributed by atoms with Crippen LogP contribution in [0.4, 0.5) is 0 Å². The highest BCUT2D eigenvalue weighted by molar-refractivity contribution is 6.38. The molecule has 0 bridgehead atoms. The molecule has 16 heavy (non-hydrogen) atoms. The van der Waals surface area contributed by atoms with Gasteiger partial charge in [-0.05, 0) is 23.8 Å². The third-order valence-electron chi connectivity index (χ3n) is 1.84. The van der Waals surface area contributed by atoms with Gasteiger partial charge in [0.05, 0.1) is 7.11 Å².